The van der Waals surface area contributed by atoms with Gasteiger partial charge in [-0.05, 0) is 31.0 Å². The van der Waals surface area contributed by atoms with Crippen LogP contribution in [0.3, 0.4) is 0 Å². The van der Waals surface area contributed by atoms with Crippen molar-refractivity contribution in [1.82, 2.24) is 4.98 Å². The minimum Gasteiger partial charge on any atom is -0.396 e. The molecule has 0 atom stereocenters. The molecule has 7 heteroatoms. The van der Waals surface area contributed by atoms with Crippen LogP contribution in [0.25, 0.3) is 0 Å². The Kier molecular flexibility index (Phi) is 4.34. The van der Waals surface area contributed by atoms with E-state index < -0.39 is 4.92 Å². The molecule has 21 heavy (non-hydrogen) atoms. The van der Waals surface area contributed by atoms with Gasteiger partial charge in [-0.2, -0.15) is 0 Å². The molecule has 110 valence electrons. The first-order chi connectivity index (χ1) is 10.0. The number of aliphatic hydroxyl groups excluding tert-OH is 1. The summed E-state index contributed by atoms with van der Waals surface area (Å²) in [6, 6.07) is 7.44. The molecule has 0 fully saturated rings. The fourth-order valence-electron chi connectivity index (χ4n) is 1.91. The third-order valence-electron chi connectivity index (χ3n) is 3.17. The van der Waals surface area contributed by atoms with Gasteiger partial charge in [0.15, 0.2) is 5.82 Å². The molecule has 0 aliphatic heterocycles. The summed E-state index contributed by atoms with van der Waals surface area (Å²) in [6.07, 6.45) is 1.78. The molecule has 0 saturated heterocycles. The zero-order valence-electron chi connectivity index (χ0n) is 11.5. The standard InChI is InChI=1S/C14H16N4O3/c1-9-12(18(20)21)8-16-14(13(9)15)17-11-4-2-10(3-5-11)6-7-19/h2-5,8,19H,6-7,15H2,1H3,(H,16,17). The Morgan fingerprint density at radius 2 is 2.05 bits per heavy atom. The maximum Gasteiger partial charge on any atom is 0.292 e. The molecule has 0 saturated carbocycles. The highest BCUT2D eigenvalue weighted by Crippen LogP contribution is 2.29. The number of nitrogens with zero attached hydrogens (tertiary/aromatic N) is 2. The number of hydrogen-bond donors (Lipinski definition) is 3. The summed E-state index contributed by atoms with van der Waals surface area (Å²) in [5.74, 6) is 0.382. The van der Waals surface area contributed by atoms with Gasteiger partial charge in [-0.25, -0.2) is 4.98 Å². The van der Waals surface area contributed by atoms with Crippen LogP contribution in [0.5, 0.6) is 0 Å². The lowest BCUT2D eigenvalue weighted by molar-refractivity contribution is -0.385. The smallest absolute Gasteiger partial charge is 0.292 e. The van der Waals surface area contributed by atoms with E-state index in [0.717, 1.165) is 11.3 Å². The quantitative estimate of drug-likeness (QED) is 0.573. The fraction of sp³-hybridized carbons (Fsp3) is 0.214. The summed E-state index contributed by atoms with van der Waals surface area (Å²) >= 11 is 0. The molecule has 1 heterocycles. The summed E-state index contributed by atoms with van der Waals surface area (Å²) in [5, 5.41) is 22.7. The average molecular weight is 288 g/mol. The van der Waals surface area contributed by atoms with Crippen LogP contribution in [-0.2, 0) is 6.42 Å². The van der Waals surface area contributed by atoms with Crippen LogP contribution in [0.15, 0.2) is 30.5 Å². The minimum absolute atomic E-state index is 0.100. The lowest BCUT2D eigenvalue weighted by Gasteiger charge is -2.10. The molecule has 2 rings (SSSR count). The number of nitrogens with two attached hydrogens (primary N) is 1. The van der Waals surface area contributed by atoms with Gasteiger partial charge in [0, 0.05) is 12.3 Å². The topological polar surface area (TPSA) is 114 Å². The van der Waals surface area contributed by atoms with E-state index in [-0.39, 0.29) is 18.0 Å². The van der Waals surface area contributed by atoms with Crippen molar-refractivity contribution < 1.29 is 10.0 Å². The Bertz CT molecular complexity index is 656. The van der Waals surface area contributed by atoms with E-state index in [9.17, 15) is 10.1 Å². The van der Waals surface area contributed by atoms with Crippen LogP contribution in [-0.4, -0.2) is 21.6 Å². The van der Waals surface area contributed by atoms with Crippen molar-refractivity contribution in [2.75, 3.05) is 17.7 Å². The third kappa shape index (κ3) is 3.26. The molecule has 0 radical (unpaired) electrons. The molecule has 0 spiro atoms. The second-order valence-corrected chi connectivity index (χ2v) is 4.58. The lowest BCUT2D eigenvalue weighted by Crippen LogP contribution is -2.04. The molecule has 0 aliphatic rings. The van der Waals surface area contributed by atoms with Crippen LogP contribution in [0.1, 0.15) is 11.1 Å². The van der Waals surface area contributed by atoms with Crippen LogP contribution in [0.2, 0.25) is 0 Å². The Morgan fingerprint density at radius 3 is 2.62 bits per heavy atom. The summed E-state index contributed by atoms with van der Waals surface area (Å²) in [5.41, 5.74) is 8.21. The second-order valence-electron chi connectivity index (χ2n) is 4.58. The largest absolute Gasteiger partial charge is 0.396 e. The van der Waals surface area contributed by atoms with Crippen molar-refractivity contribution >= 4 is 22.9 Å². The Morgan fingerprint density at radius 1 is 1.38 bits per heavy atom. The van der Waals surface area contributed by atoms with E-state index in [0.29, 0.717) is 17.8 Å². The van der Waals surface area contributed by atoms with Crippen LogP contribution in [0, 0.1) is 17.0 Å². The van der Waals surface area contributed by atoms with Gasteiger partial charge in [0.2, 0.25) is 0 Å². The average Bonchev–Trinajstić information content (AvgIpc) is 2.46. The van der Waals surface area contributed by atoms with Gasteiger partial charge < -0.3 is 16.2 Å². The summed E-state index contributed by atoms with van der Waals surface area (Å²) in [4.78, 5) is 14.3. The molecular weight excluding hydrogens is 272 g/mol. The summed E-state index contributed by atoms with van der Waals surface area (Å²) < 4.78 is 0. The minimum atomic E-state index is -0.508. The number of nitro groups is 1. The molecule has 4 N–H and O–H groups in total. The monoisotopic (exact) mass is 288 g/mol. The molecule has 0 bridgehead atoms. The predicted molar refractivity (Wildman–Crippen MR) is 80.6 cm³/mol. The van der Waals surface area contributed by atoms with Gasteiger partial charge >= 0.3 is 0 Å². The number of benzene rings is 1. The van der Waals surface area contributed by atoms with Gasteiger partial charge in [-0.1, -0.05) is 12.1 Å². The van der Waals surface area contributed by atoms with Crippen LogP contribution >= 0.6 is 0 Å². The second kappa shape index (κ2) is 6.19. The van der Waals surface area contributed by atoms with Gasteiger partial charge in [0.25, 0.3) is 5.69 Å². The highest BCUT2D eigenvalue weighted by Gasteiger charge is 2.16. The number of nitrogens with one attached hydrogen (secondary N) is 1. The molecule has 0 aliphatic carbocycles. The molecule has 0 unspecified atom stereocenters. The SMILES string of the molecule is Cc1c([N+](=O)[O-])cnc(Nc2ccc(CCO)cc2)c1N. The number of pyridine rings is 1. The zero-order valence-corrected chi connectivity index (χ0v) is 11.5. The maximum atomic E-state index is 10.8. The number of aromatic nitrogens is 1. The Hall–Kier alpha value is -2.67. The van der Waals surface area contributed by atoms with Crippen molar-refractivity contribution in [2.24, 2.45) is 0 Å². The van der Waals surface area contributed by atoms with Crippen molar-refractivity contribution in [3.05, 3.63) is 51.7 Å². The van der Waals surface area contributed by atoms with Crippen molar-refractivity contribution in [3.8, 4) is 0 Å². The summed E-state index contributed by atoms with van der Waals surface area (Å²) in [6.45, 7) is 1.69. The first-order valence-corrected chi connectivity index (χ1v) is 6.39. The van der Waals surface area contributed by atoms with E-state index in [1.54, 1.807) is 6.92 Å². The van der Waals surface area contributed by atoms with Crippen LogP contribution in [0.4, 0.5) is 22.9 Å². The van der Waals surface area contributed by atoms with E-state index in [4.69, 9.17) is 10.8 Å². The number of hydrogen-bond acceptors (Lipinski definition) is 6. The summed E-state index contributed by atoms with van der Waals surface area (Å²) in [7, 11) is 0. The van der Waals surface area contributed by atoms with E-state index >= 15 is 0 Å². The highest BCUT2D eigenvalue weighted by molar-refractivity contribution is 5.74. The molecule has 2 aromatic rings. The first-order valence-electron chi connectivity index (χ1n) is 6.39. The zero-order chi connectivity index (χ0) is 15.4. The molecule has 7 nitrogen and oxygen atoms in total. The number of anilines is 3. The lowest BCUT2D eigenvalue weighted by atomic mass is 10.1. The van der Waals surface area contributed by atoms with E-state index in [2.05, 4.69) is 10.3 Å². The Labute approximate surface area is 121 Å². The normalized spacial score (nSPS) is 10.4. The molecule has 0 amide bonds. The molecule has 1 aromatic carbocycles. The van der Waals surface area contributed by atoms with Crippen LogP contribution < -0.4 is 11.1 Å². The van der Waals surface area contributed by atoms with E-state index in [1.807, 2.05) is 24.3 Å². The highest BCUT2D eigenvalue weighted by atomic mass is 16.6. The van der Waals surface area contributed by atoms with Crippen molar-refractivity contribution in [1.29, 1.82) is 0 Å². The van der Waals surface area contributed by atoms with Crippen molar-refractivity contribution in [3.63, 3.8) is 0 Å². The fourth-order valence-corrected chi connectivity index (χ4v) is 1.91. The first kappa shape index (κ1) is 14.7. The van der Waals surface area contributed by atoms with Gasteiger partial charge in [-0.15, -0.1) is 0 Å². The number of rotatable bonds is 5. The van der Waals surface area contributed by atoms with E-state index in [1.165, 1.54) is 6.20 Å². The predicted octanol–water partition coefficient (Wildman–Crippen LogP) is 2.16. The van der Waals surface area contributed by atoms with Gasteiger partial charge in [0.05, 0.1) is 16.2 Å². The van der Waals surface area contributed by atoms with Gasteiger partial charge in [-0.3, -0.25) is 10.1 Å². The molecular formula is C14H16N4O3. The third-order valence-corrected chi connectivity index (χ3v) is 3.17. The Balaban J connectivity index is 2.23. The maximum absolute atomic E-state index is 10.8. The number of aliphatic hydroxyl groups is 1. The number of nitrogen functional groups attached to an aromatic ring is 1. The van der Waals surface area contributed by atoms with Gasteiger partial charge in [0.1, 0.15) is 6.20 Å². The van der Waals surface area contributed by atoms with Crippen molar-refractivity contribution in [2.45, 2.75) is 13.3 Å². The molecule has 1 aromatic heterocycles.